The Morgan fingerprint density at radius 1 is 0.973 bits per heavy atom. The molecule has 3 aromatic rings. The van der Waals surface area contributed by atoms with Gasteiger partial charge in [-0.1, -0.05) is 18.2 Å². The van der Waals surface area contributed by atoms with Gasteiger partial charge >= 0.3 is 13.2 Å². The van der Waals surface area contributed by atoms with Gasteiger partial charge in [-0.05, 0) is 109 Å². The summed E-state index contributed by atoms with van der Waals surface area (Å²) in [5.74, 6) is 1.26. The van der Waals surface area contributed by atoms with Crippen LogP contribution in [0.4, 0.5) is 4.79 Å². The van der Waals surface area contributed by atoms with E-state index < -0.39 is 16.8 Å². The van der Waals surface area contributed by atoms with Gasteiger partial charge in [0.05, 0.1) is 23.8 Å². The summed E-state index contributed by atoms with van der Waals surface area (Å²) in [6.45, 7) is 14.0. The fourth-order valence-electron chi connectivity index (χ4n) is 5.49. The Bertz CT molecular complexity index is 1300. The lowest BCUT2D eigenvalue weighted by atomic mass is 9.40. The molecule has 37 heavy (non-hydrogen) atoms. The minimum Gasteiger partial charge on any atom is -0.497 e. The Labute approximate surface area is 220 Å². The molecular formula is C30H38BNO5. The second-order valence-electron chi connectivity index (χ2n) is 12.6. The molecule has 1 aliphatic carbocycles. The monoisotopic (exact) mass is 503 g/mol. The first kappa shape index (κ1) is 25.9. The predicted octanol–water partition coefficient (Wildman–Crippen LogP) is 6.88. The smallest absolute Gasteiger partial charge is 0.469 e. The van der Waals surface area contributed by atoms with Crippen molar-refractivity contribution in [3.05, 3.63) is 65.9 Å². The van der Waals surface area contributed by atoms with E-state index in [1.54, 1.807) is 17.9 Å². The van der Waals surface area contributed by atoms with Gasteiger partial charge in [0.2, 0.25) is 0 Å². The van der Waals surface area contributed by atoms with Crippen LogP contribution in [0.25, 0.3) is 10.9 Å². The van der Waals surface area contributed by atoms with Crippen molar-refractivity contribution in [2.45, 2.75) is 89.3 Å². The van der Waals surface area contributed by atoms with E-state index in [4.69, 9.17) is 18.8 Å². The summed E-state index contributed by atoms with van der Waals surface area (Å²) in [5.41, 5.74) is 1.90. The van der Waals surface area contributed by atoms with Crippen molar-refractivity contribution in [2.24, 2.45) is 0 Å². The summed E-state index contributed by atoms with van der Waals surface area (Å²) in [5, 5.41) is 0.699. The number of benzene rings is 2. The quantitative estimate of drug-likeness (QED) is 0.363. The number of aromatic nitrogens is 1. The van der Waals surface area contributed by atoms with Crippen molar-refractivity contribution in [3.8, 4) is 5.75 Å². The van der Waals surface area contributed by atoms with Gasteiger partial charge in [-0.15, -0.1) is 0 Å². The number of hydrogen-bond acceptors (Lipinski definition) is 5. The first-order chi connectivity index (χ1) is 17.2. The molecule has 0 atom stereocenters. The highest BCUT2D eigenvalue weighted by molar-refractivity contribution is 6.50. The predicted molar refractivity (Wildman–Crippen MR) is 146 cm³/mol. The Hall–Kier alpha value is -2.77. The molecule has 7 heteroatoms. The van der Waals surface area contributed by atoms with Crippen molar-refractivity contribution >= 4 is 24.1 Å². The largest absolute Gasteiger partial charge is 0.497 e. The lowest BCUT2D eigenvalue weighted by molar-refractivity contribution is 0.00578. The molecule has 0 amide bonds. The summed E-state index contributed by atoms with van der Waals surface area (Å²) >= 11 is 0. The van der Waals surface area contributed by atoms with Crippen LogP contribution in [0.2, 0.25) is 0 Å². The molecule has 196 valence electrons. The molecule has 2 heterocycles. The Morgan fingerprint density at radius 2 is 1.59 bits per heavy atom. The fraction of sp³-hybridized carbons (Fsp3) is 0.500. The highest BCUT2D eigenvalue weighted by atomic mass is 16.7. The van der Waals surface area contributed by atoms with Gasteiger partial charge < -0.3 is 18.8 Å². The van der Waals surface area contributed by atoms with Gasteiger partial charge in [0.25, 0.3) is 0 Å². The Morgan fingerprint density at radius 3 is 2.16 bits per heavy atom. The number of methoxy groups -OCH3 is 1. The SMILES string of the molecule is COc1ccc(C2CC(B3OC(C)(C)C(C)(C)O3)(c3ccc4c(ccn4C(=O)OC(C)(C)C)c3)C2)cc1. The number of hydrogen-bond donors (Lipinski definition) is 0. The first-order valence-electron chi connectivity index (χ1n) is 13.1. The van der Waals surface area contributed by atoms with E-state index in [1.165, 1.54) is 11.1 Å². The van der Waals surface area contributed by atoms with Crippen LogP contribution in [0.15, 0.2) is 54.7 Å². The third-order valence-electron chi connectivity index (χ3n) is 8.37. The van der Waals surface area contributed by atoms with E-state index in [0.717, 1.165) is 29.5 Å². The Balaban J connectivity index is 1.50. The summed E-state index contributed by atoms with van der Waals surface area (Å²) < 4.78 is 25.8. The van der Waals surface area contributed by atoms with Crippen LogP contribution < -0.4 is 4.74 Å². The van der Waals surface area contributed by atoms with Crippen LogP contribution in [0.3, 0.4) is 0 Å². The molecule has 1 aliphatic heterocycles. The zero-order valence-electron chi connectivity index (χ0n) is 23.3. The lowest BCUT2D eigenvalue weighted by Crippen LogP contribution is -2.54. The maximum absolute atomic E-state index is 12.8. The van der Waals surface area contributed by atoms with E-state index in [9.17, 15) is 4.79 Å². The molecule has 2 aliphatic rings. The van der Waals surface area contributed by atoms with E-state index in [2.05, 4.69) is 52.0 Å². The minimum atomic E-state index is -0.559. The van der Waals surface area contributed by atoms with Crippen molar-refractivity contribution in [1.29, 1.82) is 0 Å². The zero-order chi connectivity index (χ0) is 26.8. The van der Waals surface area contributed by atoms with Crippen LogP contribution in [-0.4, -0.2) is 41.7 Å². The number of nitrogens with zero attached hydrogens (tertiary/aromatic N) is 1. The summed E-state index contributed by atoms with van der Waals surface area (Å²) in [4.78, 5) is 12.8. The van der Waals surface area contributed by atoms with Crippen LogP contribution in [0.1, 0.15) is 78.4 Å². The molecule has 0 N–H and O–H groups in total. The average Bonchev–Trinajstić information content (AvgIpc) is 3.29. The number of fused-ring (bicyclic) bond motifs is 1. The van der Waals surface area contributed by atoms with Crippen molar-refractivity contribution in [2.75, 3.05) is 7.11 Å². The third-order valence-corrected chi connectivity index (χ3v) is 8.37. The standard InChI is InChI=1S/C30H38BNO5/c1-27(2,3)35-26(33)32-16-15-21-17-23(11-14-25(21)32)30(31-36-28(4,5)29(6,7)37-31)18-22(19-30)20-9-12-24(34-8)13-10-20/h9-17,22H,18-19H2,1-8H3. The maximum atomic E-state index is 12.8. The fourth-order valence-corrected chi connectivity index (χ4v) is 5.49. The molecule has 2 aromatic carbocycles. The number of carbonyl (C=O) groups is 1. The Kier molecular flexibility index (Phi) is 6.04. The second-order valence-corrected chi connectivity index (χ2v) is 12.6. The van der Waals surface area contributed by atoms with Crippen LogP contribution in [0.5, 0.6) is 5.75 Å². The molecule has 0 bridgehead atoms. The second kappa shape index (κ2) is 8.64. The van der Waals surface area contributed by atoms with Crippen molar-refractivity contribution < 1.29 is 23.6 Å². The zero-order valence-corrected chi connectivity index (χ0v) is 23.3. The van der Waals surface area contributed by atoms with Gasteiger partial charge in [-0.3, -0.25) is 4.57 Å². The number of ether oxygens (including phenoxy) is 2. The van der Waals surface area contributed by atoms with E-state index >= 15 is 0 Å². The third kappa shape index (κ3) is 4.46. The normalized spacial score (nSPS) is 24.6. The van der Waals surface area contributed by atoms with Crippen molar-refractivity contribution in [1.82, 2.24) is 4.57 Å². The van der Waals surface area contributed by atoms with E-state index in [-0.39, 0.29) is 18.5 Å². The molecule has 1 saturated carbocycles. The molecule has 0 unspecified atom stereocenters. The van der Waals surface area contributed by atoms with Crippen LogP contribution >= 0.6 is 0 Å². The molecule has 1 aromatic heterocycles. The number of carbonyl (C=O) groups excluding carboxylic acids is 1. The molecule has 0 spiro atoms. The van der Waals surface area contributed by atoms with Gasteiger partial charge in [0.15, 0.2) is 0 Å². The molecule has 0 radical (unpaired) electrons. The van der Waals surface area contributed by atoms with E-state index in [1.807, 2.05) is 45.0 Å². The minimum absolute atomic E-state index is 0.294. The topological polar surface area (TPSA) is 58.9 Å². The molecule has 2 fully saturated rings. The average molecular weight is 503 g/mol. The first-order valence-corrected chi connectivity index (χ1v) is 13.1. The van der Waals surface area contributed by atoms with E-state index in [0.29, 0.717) is 5.92 Å². The van der Waals surface area contributed by atoms with Crippen LogP contribution in [-0.2, 0) is 19.4 Å². The van der Waals surface area contributed by atoms with Crippen LogP contribution in [0, 0.1) is 0 Å². The number of rotatable bonds is 4. The highest BCUT2D eigenvalue weighted by Gasteiger charge is 2.64. The molecule has 1 saturated heterocycles. The molecule has 5 rings (SSSR count). The van der Waals surface area contributed by atoms with Gasteiger partial charge in [-0.2, -0.15) is 0 Å². The molecular weight excluding hydrogens is 465 g/mol. The van der Waals surface area contributed by atoms with Crippen molar-refractivity contribution in [3.63, 3.8) is 0 Å². The summed E-state index contributed by atoms with van der Waals surface area (Å²) in [7, 11) is 1.32. The summed E-state index contributed by atoms with van der Waals surface area (Å²) in [6.07, 6.45) is 3.23. The maximum Gasteiger partial charge on any atom is 0.469 e. The van der Waals surface area contributed by atoms with Gasteiger partial charge in [0.1, 0.15) is 11.4 Å². The molecule has 6 nitrogen and oxygen atoms in total. The highest BCUT2D eigenvalue weighted by Crippen LogP contribution is 2.58. The lowest BCUT2D eigenvalue weighted by Gasteiger charge is -2.49. The van der Waals surface area contributed by atoms with Gasteiger partial charge in [0, 0.05) is 16.9 Å². The summed E-state index contributed by atoms with van der Waals surface area (Å²) in [6, 6.07) is 16.7. The van der Waals surface area contributed by atoms with Gasteiger partial charge in [-0.25, -0.2) is 4.79 Å².